The molecular formula is C28H34F3N6OP. The van der Waals surface area contributed by atoms with Crippen LogP contribution in [-0.2, 0) is 4.79 Å². The molecule has 6 heterocycles. The Labute approximate surface area is 228 Å². The van der Waals surface area contributed by atoms with Crippen molar-refractivity contribution in [3.05, 3.63) is 47.3 Å². The molecule has 2 fully saturated rings. The Kier molecular flexibility index (Phi) is 8.45. The summed E-state index contributed by atoms with van der Waals surface area (Å²) < 4.78 is 42.0. The lowest BCUT2D eigenvalue weighted by atomic mass is 10.0. The van der Waals surface area contributed by atoms with Crippen molar-refractivity contribution in [2.75, 3.05) is 45.9 Å². The first-order valence-electron chi connectivity index (χ1n) is 13.4. The SMILES string of the molecule is CN1CCCC1.Cc1nc2cnc3ccc(C4=CPCC(C(F)(F)F)=C4)nc3c2n1C1CCN(CC=O)CC1. The average Bonchev–Trinajstić information content (AvgIpc) is 3.54. The van der Waals surface area contributed by atoms with Crippen LogP contribution in [0.5, 0.6) is 0 Å². The van der Waals surface area contributed by atoms with E-state index in [1.807, 2.05) is 18.8 Å². The molecular weight excluding hydrogens is 524 g/mol. The van der Waals surface area contributed by atoms with Crippen molar-refractivity contribution in [2.24, 2.45) is 0 Å². The number of nitrogens with zero attached hydrogens (tertiary/aromatic N) is 6. The number of carbonyl (C=O) groups excluding carboxylic acids is 1. The van der Waals surface area contributed by atoms with E-state index >= 15 is 0 Å². The van der Waals surface area contributed by atoms with Gasteiger partial charge in [0, 0.05) is 30.3 Å². The lowest BCUT2D eigenvalue weighted by Gasteiger charge is -2.32. The number of likely N-dealkylation sites (tertiary alicyclic amines) is 2. The third-order valence-corrected chi connectivity index (χ3v) is 8.76. The molecule has 0 aliphatic carbocycles. The summed E-state index contributed by atoms with van der Waals surface area (Å²) in [5.41, 5.74) is 3.42. The van der Waals surface area contributed by atoms with E-state index in [0.717, 1.165) is 49.1 Å². The van der Waals surface area contributed by atoms with Crippen molar-refractivity contribution in [1.82, 2.24) is 29.3 Å². The largest absolute Gasteiger partial charge is 0.413 e. The Balaban J connectivity index is 0.000000455. The summed E-state index contributed by atoms with van der Waals surface area (Å²) in [5, 5.41) is 0. The summed E-state index contributed by atoms with van der Waals surface area (Å²) >= 11 is 0. The van der Waals surface area contributed by atoms with Crippen LogP contribution in [-0.4, -0.2) is 87.7 Å². The van der Waals surface area contributed by atoms with Gasteiger partial charge >= 0.3 is 6.18 Å². The highest BCUT2D eigenvalue weighted by Gasteiger charge is 2.34. The van der Waals surface area contributed by atoms with E-state index in [9.17, 15) is 18.0 Å². The number of aromatic nitrogens is 4. The summed E-state index contributed by atoms with van der Waals surface area (Å²) in [6.45, 7) is 6.68. The smallest absolute Gasteiger partial charge is 0.323 e. The number of allylic oxidation sites excluding steroid dienone is 3. The molecule has 0 saturated carbocycles. The molecule has 2 saturated heterocycles. The van der Waals surface area contributed by atoms with Crippen molar-refractivity contribution in [3.63, 3.8) is 0 Å². The van der Waals surface area contributed by atoms with Crippen LogP contribution in [0.1, 0.15) is 43.2 Å². The maximum Gasteiger partial charge on any atom is 0.413 e. The third-order valence-electron chi connectivity index (χ3n) is 7.66. The molecule has 0 radical (unpaired) electrons. The highest BCUT2D eigenvalue weighted by Crippen LogP contribution is 2.39. The maximum absolute atomic E-state index is 13.3. The van der Waals surface area contributed by atoms with Gasteiger partial charge in [-0.05, 0) is 77.1 Å². The second kappa shape index (κ2) is 11.8. The van der Waals surface area contributed by atoms with Crippen LogP contribution in [0.3, 0.4) is 0 Å². The Morgan fingerprint density at radius 1 is 1.08 bits per heavy atom. The first-order chi connectivity index (χ1) is 18.7. The number of carbonyl (C=O) groups is 1. The Hall–Kier alpha value is -2.68. The molecule has 7 nitrogen and oxygen atoms in total. The fraction of sp³-hybridized carbons (Fsp3) is 0.500. The van der Waals surface area contributed by atoms with Crippen LogP contribution in [0.2, 0.25) is 0 Å². The minimum absolute atomic E-state index is 0.0150. The Morgan fingerprint density at radius 2 is 1.82 bits per heavy atom. The van der Waals surface area contributed by atoms with Crippen molar-refractivity contribution in [3.8, 4) is 0 Å². The minimum Gasteiger partial charge on any atom is -0.323 e. The summed E-state index contributed by atoms with van der Waals surface area (Å²) in [6.07, 6.45) is 4.15. The first kappa shape index (κ1) is 27.9. The van der Waals surface area contributed by atoms with Gasteiger partial charge in [0.15, 0.2) is 0 Å². The maximum atomic E-state index is 13.3. The van der Waals surface area contributed by atoms with E-state index in [1.54, 1.807) is 12.3 Å². The second-order valence-corrected chi connectivity index (χ2v) is 11.5. The molecule has 11 heteroatoms. The van der Waals surface area contributed by atoms with E-state index in [2.05, 4.69) is 26.4 Å². The Morgan fingerprint density at radius 3 is 2.46 bits per heavy atom. The van der Waals surface area contributed by atoms with Crippen molar-refractivity contribution in [2.45, 2.75) is 44.8 Å². The van der Waals surface area contributed by atoms with Gasteiger partial charge in [0.25, 0.3) is 0 Å². The standard InChI is InChI=1S/C23H23F3N5OP.C5H11N/c1-14-28-20-11-27-19-3-2-18(15-10-16(13-33-12-15)23(24,25)26)29-21(19)22(20)31(14)17-4-6-30(7-5-17)8-9-32;1-6-4-2-3-5-6/h2-3,9-12,17,33H,4-8,13H2,1H3;2-5H2,1H3. The average molecular weight is 559 g/mol. The molecule has 39 heavy (non-hydrogen) atoms. The minimum atomic E-state index is -4.33. The number of aryl methyl sites for hydroxylation is 1. The van der Waals surface area contributed by atoms with Gasteiger partial charge in [0.05, 0.1) is 29.5 Å². The summed E-state index contributed by atoms with van der Waals surface area (Å²) in [5.74, 6) is 2.69. The number of hydrogen-bond acceptors (Lipinski definition) is 6. The second-order valence-electron chi connectivity index (χ2n) is 10.4. The summed E-state index contributed by atoms with van der Waals surface area (Å²) in [6, 6.07) is 3.76. The number of fused-ring (bicyclic) bond motifs is 3. The molecule has 6 rings (SSSR count). The van der Waals surface area contributed by atoms with E-state index < -0.39 is 11.7 Å². The molecule has 208 valence electrons. The number of rotatable bonds is 4. The van der Waals surface area contributed by atoms with E-state index in [4.69, 9.17) is 9.97 Å². The predicted octanol–water partition coefficient (Wildman–Crippen LogP) is 5.36. The molecule has 0 spiro atoms. The van der Waals surface area contributed by atoms with Crippen molar-refractivity contribution < 1.29 is 18.0 Å². The zero-order valence-corrected chi connectivity index (χ0v) is 23.3. The van der Waals surface area contributed by atoms with Gasteiger partial charge in [-0.25, -0.2) is 9.97 Å². The lowest BCUT2D eigenvalue weighted by Crippen LogP contribution is -2.36. The van der Waals surface area contributed by atoms with Crippen LogP contribution in [0.15, 0.2) is 35.8 Å². The molecule has 0 aromatic carbocycles. The number of imidazole rings is 1. The van der Waals surface area contributed by atoms with Gasteiger partial charge in [-0.15, -0.1) is 0 Å². The number of pyridine rings is 2. The van der Waals surface area contributed by atoms with Gasteiger partial charge in [-0.3, -0.25) is 9.88 Å². The molecule has 3 aliphatic heterocycles. The fourth-order valence-electron chi connectivity index (χ4n) is 5.58. The van der Waals surface area contributed by atoms with Gasteiger partial charge in [0.1, 0.15) is 23.1 Å². The summed E-state index contributed by atoms with van der Waals surface area (Å²) in [4.78, 5) is 29.3. The number of hydrogen-bond donors (Lipinski definition) is 0. The molecule has 0 N–H and O–H groups in total. The topological polar surface area (TPSA) is 67.2 Å². The highest BCUT2D eigenvalue weighted by atomic mass is 31.1. The molecule has 1 unspecified atom stereocenters. The molecule has 3 aromatic heterocycles. The molecule has 3 aromatic rings. The zero-order chi connectivity index (χ0) is 27.6. The number of aldehydes is 1. The monoisotopic (exact) mass is 558 g/mol. The van der Waals surface area contributed by atoms with Crippen LogP contribution in [0.25, 0.3) is 27.6 Å². The van der Waals surface area contributed by atoms with Gasteiger partial charge < -0.3 is 14.3 Å². The molecule has 3 aliphatic rings. The third kappa shape index (κ3) is 6.23. The number of alkyl halides is 3. The van der Waals surface area contributed by atoms with E-state index in [0.29, 0.717) is 28.8 Å². The van der Waals surface area contributed by atoms with Crippen LogP contribution in [0, 0.1) is 6.92 Å². The van der Waals surface area contributed by atoms with Crippen LogP contribution < -0.4 is 0 Å². The first-order valence-corrected chi connectivity index (χ1v) is 14.7. The molecule has 0 amide bonds. The van der Waals surface area contributed by atoms with Crippen molar-refractivity contribution >= 4 is 42.5 Å². The van der Waals surface area contributed by atoms with Gasteiger partial charge in [-0.2, -0.15) is 13.2 Å². The highest BCUT2D eigenvalue weighted by molar-refractivity contribution is 7.42. The number of halogens is 3. The lowest BCUT2D eigenvalue weighted by molar-refractivity contribution is -0.109. The molecule has 0 bridgehead atoms. The van der Waals surface area contributed by atoms with E-state index in [-0.39, 0.29) is 20.8 Å². The van der Waals surface area contributed by atoms with Crippen LogP contribution in [0.4, 0.5) is 13.2 Å². The van der Waals surface area contributed by atoms with Crippen LogP contribution >= 0.6 is 8.58 Å². The van der Waals surface area contributed by atoms with Crippen molar-refractivity contribution in [1.29, 1.82) is 0 Å². The quantitative estimate of drug-likeness (QED) is 0.318. The van der Waals surface area contributed by atoms with E-state index in [1.165, 1.54) is 32.0 Å². The summed E-state index contributed by atoms with van der Waals surface area (Å²) in [7, 11) is 2.24. The zero-order valence-electron chi connectivity index (χ0n) is 22.3. The van der Waals surface area contributed by atoms with Gasteiger partial charge in [-0.1, -0.05) is 14.4 Å². The Bertz CT molecular complexity index is 1400. The normalized spacial score (nSPS) is 20.2. The number of piperidine rings is 1. The predicted molar refractivity (Wildman–Crippen MR) is 150 cm³/mol. The van der Waals surface area contributed by atoms with Gasteiger partial charge in [0.2, 0.25) is 0 Å². The fourth-order valence-corrected chi connectivity index (χ4v) is 6.66. The molecule has 1 atom stereocenters.